The minimum absolute atomic E-state index is 0.0516. The van der Waals surface area contributed by atoms with Gasteiger partial charge in [0.15, 0.2) is 0 Å². The molecule has 1 heterocycles. The average Bonchev–Trinajstić information content (AvgIpc) is 3.14. The Bertz CT molecular complexity index is 413. The maximum Gasteiger partial charge on any atom is 0.336 e. The van der Waals surface area contributed by atoms with Crippen molar-refractivity contribution < 1.29 is 9.53 Å². The van der Waals surface area contributed by atoms with E-state index in [1.165, 1.54) is 20.0 Å². The van der Waals surface area contributed by atoms with E-state index in [-0.39, 0.29) is 17.8 Å². The minimum Gasteiger partial charge on any atom is -0.466 e. The molecule has 2 fully saturated rings. The molecule has 1 aromatic heterocycles. The van der Waals surface area contributed by atoms with Crippen molar-refractivity contribution in [1.82, 2.24) is 15.2 Å². The van der Waals surface area contributed by atoms with E-state index in [0.29, 0.717) is 11.9 Å². The molecule has 2 aliphatic carbocycles. The van der Waals surface area contributed by atoms with Gasteiger partial charge in [0.2, 0.25) is 11.9 Å². The standard InChI is InChI=1S/C10H14N4O2/c1-16-10-12-9(13-14-10)11-8(15)7-4-6(7)5-2-3-5/h5-7H,2-4H2,1H3,(H2,11,12,13,14,15). The summed E-state index contributed by atoms with van der Waals surface area (Å²) >= 11 is 0. The third kappa shape index (κ3) is 1.75. The van der Waals surface area contributed by atoms with Crippen LogP contribution in [0.2, 0.25) is 0 Å². The molecule has 2 atom stereocenters. The molecule has 1 aromatic rings. The lowest BCUT2D eigenvalue weighted by Crippen LogP contribution is -2.16. The molecule has 0 radical (unpaired) electrons. The Morgan fingerprint density at radius 2 is 2.38 bits per heavy atom. The van der Waals surface area contributed by atoms with Crippen molar-refractivity contribution in [3.8, 4) is 6.01 Å². The smallest absolute Gasteiger partial charge is 0.336 e. The first-order chi connectivity index (χ1) is 7.78. The number of anilines is 1. The number of hydrogen-bond donors (Lipinski definition) is 2. The SMILES string of the molecule is COc1n[nH]c(NC(=O)C2CC2C2CC2)n1. The van der Waals surface area contributed by atoms with E-state index in [4.69, 9.17) is 4.74 Å². The summed E-state index contributed by atoms with van der Waals surface area (Å²) in [6.07, 6.45) is 3.62. The number of nitrogens with zero attached hydrogens (tertiary/aromatic N) is 2. The largest absolute Gasteiger partial charge is 0.466 e. The second-order valence-electron chi connectivity index (χ2n) is 4.50. The van der Waals surface area contributed by atoms with Crippen molar-refractivity contribution >= 4 is 11.9 Å². The first-order valence-electron chi connectivity index (χ1n) is 5.55. The number of nitrogens with one attached hydrogen (secondary N) is 2. The number of aromatic amines is 1. The summed E-state index contributed by atoms with van der Waals surface area (Å²) in [4.78, 5) is 15.7. The van der Waals surface area contributed by atoms with Gasteiger partial charge in [-0.3, -0.25) is 10.1 Å². The number of aromatic nitrogens is 3. The fourth-order valence-electron chi connectivity index (χ4n) is 2.16. The van der Waals surface area contributed by atoms with Crippen LogP contribution in [0.25, 0.3) is 0 Å². The highest BCUT2D eigenvalue weighted by atomic mass is 16.5. The molecule has 1 amide bonds. The number of H-pyrrole nitrogens is 1. The first kappa shape index (κ1) is 9.62. The van der Waals surface area contributed by atoms with E-state index in [0.717, 1.165) is 12.3 Å². The molecule has 0 saturated heterocycles. The van der Waals surface area contributed by atoms with Crippen molar-refractivity contribution in [1.29, 1.82) is 0 Å². The van der Waals surface area contributed by atoms with Crippen LogP contribution in [-0.4, -0.2) is 28.2 Å². The highest BCUT2D eigenvalue weighted by Crippen LogP contribution is 2.54. The molecule has 2 N–H and O–H groups in total. The molecule has 0 aromatic carbocycles. The number of hydrogen-bond acceptors (Lipinski definition) is 4. The van der Waals surface area contributed by atoms with Crippen molar-refractivity contribution in [2.45, 2.75) is 19.3 Å². The topological polar surface area (TPSA) is 79.9 Å². The van der Waals surface area contributed by atoms with E-state index in [1.54, 1.807) is 0 Å². The van der Waals surface area contributed by atoms with E-state index in [9.17, 15) is 4.79 Å². The van der Waals surface area contributed by atoms with Crippen LogP contribution in [0.1, 0.15) is 19.3 Å². The first-order valence-corrected chi connectivity index (χ1v) is 5.55. The van der Waals surface area contributed by atoms with Crippen molar-refractivity contribution in [3.63, 3.8) is 0 Å². The van der Waals surface area contributed by atoms with Crippen LogP contribution in [0.15, 0.2) is 0 Å². The van der Waals surface area contributed by atoms with Gasteiger partial charge in [0.1, 0.15) is 0 Å². The molecular weight excluding hydrogens is 208 g/mol. The lowest BCUT2D eigenvalue weighted by atomic mass is 10.2. The van der Waals surface area contributed by atoms with Gasteiger partial charge in [-0.25, -0.2) is 5.10 Å². The zero-order chi connectivity index (χ0) is 11.1. The number of methoxy groups -OCH3 is 1. The van der Waals surface area contributed by atoms with Gasteiger partial charge in [0, 0.05) is 5.92 Å². The van der Waals surface area contributed by atoms with Crippen LogP contribution in [0.5, 0.6) is 6.01 Å². The summed E-state index contributed by atoms with van der Waals surface area (Å²) in [5, 5.41) is 9.10. The lowest BCUT2D eigenvalue weighted by Gasteiger charge is -1.99. The second-order valence-corrected chi connectivity index (χ2v) is 4.50. The Kier molecular flexibility index (Phi) is 2.08. The maximum atomic E-state index is 11.8. The Morgan fingerprint density at radius 3 is 3.00 bits per heavy atom. The van der Waals surface area contributed by atoms with Crippen LogP contribution in [0.4, 0.5) is 5.95 Å². The third-order valence-corrected chi connectivity index (χ3v) is 3.29. The van der Waals surface area contributed by atoms with E-state index < -0.39 is 0 Å². The van der Waals surface area contributed by atoms with E-state index in [2.05, 4.69) is 20.5 Å². The van der Waals surface area contributed by atoms with Gasteiger partial charge in [-0.05, 0) is 31.1 Å². The fourth-order valence-corrected chi connectivity index (χ4v) is 2.16. The molecule has 2 aliphatic rings. The molecular formula is C10H14N4O2. The fraction of sp³-hybridized carbons (Fsp3) is 0.700. The zero-order valence-corrected chi connectivity index (χ0v) is 9.06. The summed E-state index contributed by atoms with van der Waals surface area (Å²) in [7, 11) is 1.48. The van der Waals surface area contributed by atoms with Gasteiger partial charge >= 0.3 is 6.01 Å². The van der Waals surface area contributed by atoms with Gasteiger partial charge in [0.25, 0.3) is 0 Å². The van der Waals surface area contributed by atoms with Crippen molar-refractivity contribution in [3.05, 3.63) is 0 Å². The maximum absolute atomic E-state index is 11.8. The summed E-state index contributed by atoms with van der Waals surface area (Å²) < 4.78 is 4.82. The van der Waals surface area contributed by atoms with Gasteiger partial charge in [-0.15, -0.1) is 5.10 Å². The average molecular weight is 222 g/mol. The van der Waals surface area contributed by atoms with Crippen LogP contribution in [0, 0.1) is 17.8 Å². The predicted molar refractivity (Wildman–Crippen MR) is 55.9 cm³/mol. The normalized spacial score (nSPS) is 27.6. The minimum atomic E-state index is 0.0516. The van der Waals surface area contributed by atoms with Gasteiger partial charge < -0.3 is 4.74 Å². The molecule has 3 rings (SSSR count). The molecule has 16 heavy (non-hydrogen) atoms. The quantitative estimate of drug-likeness (QED) is 0.789. The number of carbonyl (C=O) groups excluding carboxylic acids is 1. The van der Waals surface area contributed by atoms with Crippen LogP contribution in [-0.2, 0) is 4.79 Å². The highest BCUT2D eigenvalue weighted by molar-refractivity contribution is 5.93. The Hall–Kier alpha value is -1.59. The molecule has 2 unspecified atom stereocenters. The Balaban J connectivity index is 1.56. The number of ether oxygens (including phenoxy) is 1. The number of amides is 1. The molecule has 6 heteroatoms. The number of rotatable bonds is 4. The van der Waals surface area contributed by atoms with E-state index >= 15 is 0 Å². The molecule has 86 valence electrons. The summed E-state index contributed by atoms with van der Waals surface area (Å²) in [5.41, 5.74) is 0. The van der Waals surface area contributed by atoms with E-state index in [1.807, 2.05) is 0 Å². The van der Waals surface area contributed by atoms with Crippen LogP contribution < -0.4 is 10.1 Å². The third-order valence-electron chi connectivity index (χ3n) is 3.29. The van der Waals surface area contributed by atoms with Crippen LogP contribution in [0.3, 0.4) is 0 Å². The van der Waals surface area contributed by atoms with Crippen LogP contribution >= 0.6 is 0 Å². The van der Waals surface area contributed by atoms with Gasteiger partial charge in [0.05, 0.1) is 7.11 Å². The zero-order valence-electron chi connectivity index (χ0n) is 9.06. The lowest BCUT2D eigenvalue weighted by molar-refractivity contribution is -0.117. The molecule has 2 saturated carbocycles. The second kappa shape index (κ2) is 3.47. The molecule has 0 bridgehead atoms. The van der Waals surface area contributed by atoms with Crippen molar-refractivity contribution in [2.75, 3.05) is 12.4 Å². The summed E-state index contributed by atoms with van der Waals surface area (Å²) in [5.74, 6) is 2.02. The van der Waals surface area contributed by atoms with Crippen molar-refractivity contribution in [2.24, 2.45) is 17.8 Å². The molecule has 0 spiro atoms. The summed E-state index contributed by atoms with van der Waals surface area (Å²) in [6, 6.07) is 0.241. The number of carbonyl (C=O) groups is 1. The molecule has 6 nitrogen and oxygen atoms in total. The highest BCUT2D eigenvalue weighted by Gasteiger charge is 2.51. The summed E-state index contributed by atoms with van der Waals surface area (Å²) in [6.45, 7) is 0. The Labute approximate surface area is 92.8 Å². The van der Waals surface area contributed by atoms with Gasteiger partial charge in [-0.2, -0.15) is 4.98 Å². The predicted octanol–water partition coefficient (Wildman–Crippen LogP) is 0.798. The molecule has 0 aliphatic heterocycles. The van der Waals surface area contributed by atoms with Gasteiger partial charge in [-0.1, -0.05) is 0 Å². The Morgan fingerprint density at radius 1 is 1.56 bits per heavy atom. The monoisotopic (exact) mass is 222 g/mol.